The quantitative estimate of drug-likeness (QED) is 0.627. The number of unbranched alkanes of at least 4 members (excludes halogenated alkanes) is 2. The van der Waals surface area contributed by atoms with Crippen LogP contribution in [0.3, 0.4) is 0 Å². The SMILES string of the molecule is CN(CCCCCO)C(=O)CCNC(=O)C1CCCC1. The Balaban J connectivity index is 2.07. The highest BCUT2D eigenvalue weighted by Crippen LogP contribution is 2.24. The molecule has 1 saturated carbocycles. The van der Waals surface area contributed by atoms with E-state index in [9.17, 15) is 9.59 Å². The fourth-order valence-electron chi connectivity index (χ4n) is 2.58. The lowest BCUT2D eigenvalue weighted by Gasteiger charge is -2.17. The first-order valence-electron chi connectivity index (χ1n) is 7.77. The molecule has 1 rings (SSSR count). The van der Waals surface area contributed by atoms with Gasteiger partial charge >= 0.3 is 0 Å². The molecule has 0 bridgehead atoms. The van der Waals surface area contributed by atoms with Gasteiger partial charge in [-0.15, -0.1) is 0 Å². The van der Waals surface area contributed by atoms with Crippen LogP contribution in [0.5, 0.6) is 0 Å². The van der Waals surface area contributed by atoms with Gasteiger partial charge in [0.2, 0.25) is 11.8 Å². The summed E-state index contributed by atoms with van der Waals surface area (Å²) in [4.78, 5) is 25.3. The second kappa shape index (κ2) is 9.75. The molecule has 116 valence electrons. The van der Waals surface area contributed by atoms with Gasteiger partial charge in [-0.1, -0.05) is 12.8 Å². The standard InChI is InChI=1S/C15H28N2O3/c1-17(11-5-2-6-12-18)14(19)9-10-16-15(20)13-7-3-4-8-13/h13,18H,2-12H2,1H3,(H,16,20). The average Bonchev–Trinajstić information content (AvgIpc) is 2.97. The van der Waals surface area contributed by atoms with E-state index in [-0.39, 0.29) is 24.3 Å². The van der Waals surface area contributed by atoms with Gasteiger partial charge in [-0.2, -0.15) is 0 Å². The molecule has 1 aliphatic carbocycles. The van der Waals surface area contributed by atoms with Gasteiger partial charge in [-0.3, -0.25) is 9.59 Å². The number of carbonyl (C=O) groups excluding carboxylic acids is 2. The number of hydrogen-bond acceptors (Lipinski definition) is 3. The van der Waals surface area contributed by atoms with Crippen molar-refractivity contribution in [3.63, 3.8) is 0 Å². The molecular formula is C15H28N2O3. The smallest absolute Gasteiger partial charge is 0.224 e. The van der Waals surface area contributed by atoms with E-state index in [1.165, 1.54) is 0 Å². The number of aliphatic hydroxyl groups is 1. The van der Waals surface area contributed by atoms with E-state index in [0.717, 1.165) is 51.5 Å². The van der Waals surface area contributed by atoms with Crippen LogP contribution in [0.15, 0.2) is 0 Å². The molecule has 2 amide bonds. The van der Waals surface area contributed by atoms with E-state index in [4.69, 9.17) is 5.11 Å². The van der Waals surface area contributed by atoms with E-state index in [1.54, 1.807) is 11.9 Å². The molecule has 0 aromatic rings. The summed E-state index contributed by atoms with van der Waals surface area (Å²) in [6, 6.07) is 0. The Morgan fingerprint density at radius 1 is 1.20 bits per heavy atom. The molecule has 0 atom stereocenters. The fraction of sp³-hybridized carbons (Fsp3) is 0.867. The van der Waals surface area contributed by atoms with Crippen molar-refractivity contribution in [2.75, 3.05) is 26.7 Å². The third kappa shape index (κ3) is 6.37. The number of nitrogens with one attached hydrogen (secondary N) is 1. The van der Waals surface area contributed by atoms with Crippen molar-refractivity contribution in [1.82, 2.24) is 10.2 Å². The molecule has 2 N–H and O–H groups in total. The predicted molar refractivity (Wildman–Crippen MR) is 78.2 cm³/mol. The summed E-state index contributed by atoms with van der Waals surface area (Å²) in [5.74, 6) is 0.350. The highest BCUT2D eigenvalue weighted by molar-refractivity contribution is 5.80. The first-order valence-corrected chi connectivity index (χ1v) is 7.77. The van der Waals surface area contributed by atoms with Crippen LogP contribution in [0, 0.1) is 5.92 Å². The van der Waals surface area contributed by atoms with Gasteiger partial charge in [0.25, 0.3) is 0 Å². The van der Waals surface area contributed by atoms with Gasteiger partial charge < -0.3 is 15.3 Å². The summed E-state index contributed by atoms with van der Waals surface area (Å²) in [6.45, 7) is 1.37. The highest BCUT2D eigenvalue weighted by Gasteiger charge is 2.22. The zero-order valence-corrected chi connectivity index (χ0v) is 12.6. The minimum atomic E-state index is 0.0701. The topological polar surface area (TPSA) is 69.6 Å². The van der Waals surface area contributed by atoms with Crippen LogP contribution in [-0.4, -0.2) is 48.6 Å². The average molecular weight is 284 g/mol. The zero-order chi connectivity index (χ0) is 14.8. The molecule has 5 nitrogen and oxygen atoms in total. The highest BCUT2D eigenvalue weighted by atomic mass is 16.3. The van der Waals surface area contributed by atoms with Crippen molar-refractivity contribution < 1.29 is 14.7 Å². The second-order valence-electron chi connectivity index (χ2n) is 5.62. The molecular weight excluding hydrogens is 256 g/mol. The Morgan fingerprint density at radius 3 is 2.55 bits per heavy atom. The molecule has 0 spiro atoms. The number of amides is 2. The van der Waals surface area contributed by atoms with Gasteiger partial charge in [0.1, 0.15) is 0 Å². The largest absolute Gasteiger partial charge is 0.396 e. The minimum absolute atomic E-state index is 0.0701. The van der Waals surface area contributed by atoms with Crippen LogP contribution < -0.4 is 5.32 Å². The van der Waals surface area contributed by atoms with E-state index in [0.29, 0.717) is 13.0 Å². The molecule has 1 aliphatic rings. The molecule has 0 heterocycles. The number of aliphatic hydroxyl groups excluding tert-OH is 1. The summed E-state index contributed by atoms with van der Waals surface area (Å²) in [6.07, 6.45) is 7.29. The number of nitrogens with zero attached hydrogens (tertiary/aromatic N) is 1. The Hall–Kier alpha value is -1.10. The Labute approximate surface area is 121 Å². The summed E-state index contributed by atoms with van der Waals surface area (Å²) in [5, 5.41) is 11.5. The van der Waals surface area contributed by atoms with Crippen LogP contribution in [0.25, 0.3) is 0 Å². The Bertz CT molecular complexity index is 301. The molecule has 0 aromatic heterocycles. The first kappa shape index (κ1) is 17.0. The van der Waals surface area contributed by atoms with E-state index in [1.807, 2.05) is 0 Å². The van der Waals surface area contributed by atoms with Crippen LogP contribution in [-0.2, 0) is 9.59 Å². The van der Waals surface area contributed by atoms with Crippen LogP contribution in [0.4, 0.5) is 0 Å². The van der Waals surface area contributed by atoms with E-state index < -0.39 is 0 Å². The summed E-state index contributed by atoms with van der Waals surface area (Å²) in [7, 11) is 1.79. The van der Waals surface area contributed by atoms with Gasteiger partial charge in [0.05, 0.1) is 0 Å². The predicted octanol–water partition coefficient (Wildman–Crippen LogP) is 1.30. The lowest BCUT2D eigenvalue weighted by molar-refractivity contribution is -0.130. The summed E-state index contributed by atoms with van der Waals surface area (Å²) >= 11 is 0. The van der Waals surface area contributed by atoms with Gasteiger partial charge in [0.15, 0.2) is 0 Å². The van der Waals surface area contributed by atoms with Crippen molar-refractivity contribution in [2.24, 2.45) is 5.92 Å². The second-order valence-corrected chi connectivity index (χ2v) is 5.62. The van der Waals surface area contributed by atoms with Gasteiger partial charge in [0, 0.05) is 39.1 Å². The van der Waals surface area contributed by atoms with Crippen LogP contribution >= 0.6 is 0 Å². The molecule has 0 saturated heterocycles. The lowest BCUT2D eigenvalue weighted by atomic mass is 10.1. The van der Waals surface area contributed by atoms with Crippen molar-refractivity contribution in [3.05, 3.63) is 0 Å². The molecule has 0 unspecified atom stereocenters. The number of rotatable bonds is 9. The molecule has 5 heteroatoms. The molecule has 1 fully saturated rings. The van der Waals surface area contributed by atoms with Crippen molar-refractivity contribution >= 4 is 11.8 Å². The third-order valence-electron chi connectivity index (χ3n) is 3.94. The fourth-order valence-corrected chi connectivity index (χ4v) is 2.58. The van der Waals surface area contributed by atoms with Crippen molar-refractivity contribution in [3.8, 4) is 0 Å². The summed E-state index contributed by atoms with van der Waals surface area (Å²) in [5.41, 5.74) is 0. The lowest BCUT2D eigenvalue weighted by Crippen LogP contribution is -2.34. The maximum Gasteiger partial charge on any atom is 0.224 e. The van der Waals surface area contributed by atoms with Crippen molar-refractivity contribution in [2.45, 2.75) is 51.4 Å². The van der Waals surface area contributed by atoms with Crippen molar-refractivity contribution in [1.29, 1.82) is 0 Å². The maximum atomic E-state index is 11.8. The first-order chi connectivity index (χ1) is 9.65. The van der Waals surface area contributed by atoms with E-state index in [2.05, 4.69) is 5.32 Å². The number of hydrogen-bond donors (Lipinski definition) is 2. The third-order valence-corrected chi connectivity index (χ3v) is 3.94. The zero-order valence-electron chi connectivity index (χ0n) is 12.6. The maximum absolute atomic E-state index is 11.8. The molecule has 0 aliphatic heterocycles. The van der Waals surface area contributed by atoms with Crippen LogP contribution in [0.2, 0.25) is 0 Å². The Morgan fingerprint density at radius 2 is 1.90 bits per heavy atom. The number of carbonyl (C=O) groups is 2. The van der Waals surface area contributed by atoms with E-state index >= 15 is 0 Å². The molecule has 0 aromatic carbocycles. The summed E-state index contributed by atoms with van der Waals surface area (Å²) < 4.78 is 0. The van der Waals surface area contributed by atoms with Crippen LogP contribution in [0.1, 0.15) is 51.4 Å². The molecule has 20 heavy (non-hydrogen) atoms. The van der Waals surface area contributed by atoms with Gasteiger partial charge in [-0.05, 0) is 32.1 Å². The Kier molecular flexibility index (Phi) is 8.26. The van der Waals surface area contributed by atoms with Gasteiger partial charge in [-0.25, -0.2) is 0 Å². The monoisotopic (exact) mass is 284 g/mol. The molecule has 0 radical (unpaired) electrons. The minimum Gasteiger partial charge on any atom is -0.396 e. The normalized spacial score (nSPS) is 15.3.